The molecule has 1 unspecified atom stereocenters. The van der Waals surface area contributed by atoms with Gasteiger partial charge in [-0.05, 0) is 59.1 Å². The molecule has 1 aliphatic rings. The van der Waals surface area contributed by atoms with Crippen LogP contribution in [0.5, 0.6) is 0 Å². The first-order valence-corrected chi connectivity index (χ1v) is 9.91. The van der Waals surface area contributed by atoms with Gasteiger partial charge in [-0.25, -0.2) is 9.78 Å². The van der Waals surface area contributed by atoms with Gasteiger partial charge in [0.2, 0.25) is 0 Å². The summed E-state index contributed by atoms with van der Waals surface area (Å²) in [5.74, 6) is 0. The predicted octanol–water partition coefficient (Wildman–Crippen LogP) is 3.70. The van der Waals surface area contributed by atoms with E-state index < -0.39 is 6.09 Å². The Kier molecular flexibility index (Phi) is 5.07. The van der Waals surface area contributed by atoms with Crippen molar-refractivity contribution in [2.75, 3.05) is 19.7 Å². The molecule has 1 amide bonds. The lowest BCUT2D eigenvalue weighted by Crippen LogP contribution is -2.45. The van der Waals surface area contributed by atoms with Crippen molar-refractivity contribution in [2.24, 2.45) is 0 Å². The number of amides is 1. The average Bonchev–Trinajstić information content (AvgIpc) is 2.99. The van der Waals surface area contributed by atoms with Crippen LogP contribution in [-0.4, -0.2) is 56.3 Å². The Morgan fingerprint density at radius 1 is 1.36 bits per heavy atom. The second-order valence-corrected chi connectivity index (χ2v) is 8.00. The fourth-order valence-electron chi connectivity index (χ4n) is 3.60. The fraction of sp³-hybridized carbons (Fsp3) is 0.350. The molecule has 1 saturated heterocycles. The third-order valence-electron chi connectivity index (χ3n) is 4.98. The minimum atomic E-state index is -0.910. The average molecular weight is 445 g/mol. The van der Waals surface area contributed by atoms with E-state index in [0.29, 0.717) is 26.1 Å². The molecule has 0 spiro atoms. The maximum absolute atomic E-state index is 11.4. The summed E-state index contributed by atoms with van der Waals surface area (Å²) in [6, 6.07) is 6.09. The van der Waals surface area contributed by atoms with E-state index >= 15 is 0 Å². The highest BCUT2D eigenvalue weighted by Gasteiger charge is 2.27. The predicted molar refractivity (Wildman–Crippen MR) is 109 cm³/mol. The van der Waals surface area contributed by atoms with E-state index in [2.05, 4.69) is 25.3 Å². The number of aryl methyl sites for hydroxylation is 2. The summed E-state index contributed by atoms with van der Waals surface area (Å²) in [7, 11) is 0. The lowest BCUT2D eigenvalue weighted by atomic mass is 10.1. The van der Waals surface area contributed by atoms with Crippen molar-refractivity contribution in [3.63, 3.8) is 0 Å². The summed E-state index contributed by atoms with van der Waals surface area (Å²) in [6.07, 6.45) is 3.20. The second kappa shape index (κ2) is 7.52. The maximum Gasteiger partial charge on any atom is 0.407 e. The van der Waals surface area contributed by atoms with Gasteiger partial charge in [-0.1, -0.05) is 0 Å². The van der Waals surface area contributed by atoms with E-state index in [1.165, 1.54) is 4.90 Å². The third kappa shape index (κ3) is 3.62. The van der Waals surface area contributed by atoms with Crippen LogP contribution in [0.1, 0.15) is 16.8 Å². The van der Waals surface area contributed by atoms with Crippen LogP contribution in [0.25, 0.3) is 17.0 Å². The molecule has 0 aromatic carbocycles. The van der Waals surface area contributed by atoms with Gasteiger partial charge >= 0.3 is 6.09 Å². The quantitative estimate of drug-likeness (QED) is 0.665. The molecule has 4 heterocycles. The van der Waals surface area contributed by atoms with Gasteiger partial charge in [0, 0.05) is 29.8 Å². The number of imidazole rings is 1. The zero-order valence-corrected chi connectivity index (χ0v) is 17.3. The number of halogens is 1. The molecule has 0 aliphatic carbocycles. The number of fused-ring (bicyclic) bond motifs is 1. The number of aromatic nitrogens is 3. The van der Waals surface area contributed by atoms with Crippen LogP contribution in [0.15, 0.2) is 35.1 Å². The molecule has 0 radical (unpaired) electrons. The zero-order chi connectivity index (χ0) is 19.8. The molecule has 28 heavy (non-hydrogen) atoms. The van der Waals surface area contributed by atoms with E-state index in [1.54, 1.807) is 6.20 Å². The molecule has 1 N–H and O–H groups in total. The summed E-state index contributed by atoms with van der Waals surface area (Å²) in [4.78, 5) is 22.2. The lowest BCUT2D eigenvalue weighted by Gasteiger charge is -2.31. The minimum Gasteiger partial charge on any atom is -0.465 e. The van der Waals surface area contributed by atoms with Gasteiger partial charge in [-0.15, -0.1) is 0 Å². The molecule has 146 valence electrons. The molecule has 8 heteroatoms. The minimum absolute atomic E-state index is 0.222. The van der Waals surface area contributed by atoms with Gasteiger partial charge in [0.05, 0.1) is 30.6 Å². The van der Waals surface area contributed by atoms with E-state index in [1.807, 2.05) is 38.2 Å². The number of carbonyl (C=O) groups is 1. The normalized spacial score (nSPS) is 17.2. The zero-order valence-electron chi connectivity index (χ0n) is 15.7. The Labute approximate surface area is 171 Å². The molecule has 0 bridgehead atoms. The number of carboxylic acid groups (broad SMARTS) is 1. The molecule has 1 aliphatic heterocycles. The molecule has 4 rings (SSSR count). The standard InChI is InChI=1S/C20H21BrN4O3/c1-12-3-4-25-16(9-15-11-24(20(26)27)5-6-28-15)19(23-17(25)7-12)18-13(2)8-14(21)10-22-18/h3-4,7-8,10,15H,5-6,9,11H2,1-2H3,(H,26,27). The number of hydrogen-bond acceptors (Lipinski definition) is 4. The molecule has 3 aromatic rings. The molecule has 3 aromatic heterocycles. The Bertz CT molecular complexity index is 1050. The first kappa shape index (κ1) is 18.9. The van der Waals surface area contributed by atoms with Crippen LogP contribution in [0, 0.1) is 13.8 Å². The number of rotatable bonds is 3. The highest BCUT2D eigenvalue weighted by molar-refractivity contribution is 9.10. The smallest absolute Gasteiger partial charge is 0.407 e. The van der Waals surface area contributed by atoms with E-state index in [0.717, 1.165) is 38.3 Å². The van der Waals surface area contributed by atoms with Crippen molar-refractivity contribution >= 4 is 27.7 Å². The van der Waals surface area contributed by atoms with Crippen molar-refractivity contribution < 1.29 is 14.6 Å². The van der Waals surface area contributed by atoms with Crippen LogP contribution in [0.2, 0.25) is 0 Å². The van der Waals surface area contributed by atoms with Gasteiger partial charge < -0.3 is 19.1 Å². The van der Waals surface area contributed by atoms with Crippen LogP contribution in [0.4, 0.5) is 4.79 Å². The molecule has 0 saturated carbocycles. The highest BCUT2D eigenvalue weighted by Crippen LogP contribution is 2.29. The maximum atomic E-state index is 11.4. The van der Waals surface area contributed by atoms with E-state index in [4.69, 9.17) is 9.72 Å². The molecule has 7 nitrogen and oxygen atoms in total. The van der Waals surface area contributed by atoms with E-state index in [-0.39, 0.29) is 6.10 Å². The number of ether oxygens (including phenoxy) is 1. The van der Waals surface area contributed by atoms with E-state index in [9.17, 15) is 9.90 Å². The van der Waals surface area contributed by atoms with Crippen molar-refractivity contribution in [1.29, 1.82) is 0 Å². The van der Waals surface area contributed by atoms with Crippen LogP contribution >= 0.6 is 15.9 Å². The van der Waals surface area contributed by atoms with Crippen LogP contribution in [0.3, 0.4) is 0 Å². The summed E-state index contributed by atoms with van der Waals surface area (Å²) >= 11 is 3.46. The molecule has 1 atom stereocenters. The van der Waals surface area contributed by atoms with Crippen molar-refractivity contribution in [3.05, 3.63) is 51.9 Å². The van der Waals surface area contributed by atoms with Crippen molar-refractivity contribution in [3.8, 4) is 11.4 Å². The molecule has 1 fully saturated rings. The summed E-state index contributed by atoms with van der Waals surface area (Å²) in [5.41, 5.74) is 5.61. The Morgan fingerprint density at radius 2 is 2.18 bits per heavy atom. The third-order valence-corrected chi connectivity index (χ3v) is 5.41. The molecular formula is C20H21BrN4O3. The van der Waals surface area contributed by atoms with Crippen LogP contribution < -0.4 is 0 Å². The van der Waals surface area contributed by atoms with Crippen molar-refractivity contribution in [2.45, 2.75) is 26.4 Å². The number of nitrogens with zero attached hydrogens (tertiary/aromatic N) is 4. The van der Waals surface area contributed by atoms with Gasteiger partial charge in [-0.3, -0.25) is 4.98 Å². The van der Waals surface area contributed by atoms with Crippen LogP contribution in [-0.2, 0) is 11.2 Å². The number of hydrogen-bond donors (Lipinski definition) is 1. The second-order valence-electron chi connectivity index (χ2n) is 7.08. The Hall–Kier alpha value is -2.45. The largest absolute Gasteiger partial charge is 0.465 e. The SMILES string of the molecule is Cc1ccn2c(CC3CN(C(=O)O)CCO3)c(-c3ncc(Br)cc3C)nc2c1. The Morgan fingerprint density at radius 3 is 2.93 bits per heavy atom. The van der Waals surface area contributed by atoms with Gasteiger partial charge in [0.15, 0.2) is 0 Å². The monoisotopic (exact) mass is 444 g/mol. The number of pyridine rings is 2. The number of morpholine rings is 1. The summed E-state index contributed by atoms with van der Waals surface area (Å²) in [5, 5.41) is 9.32. The molecular weight excluding hydrogens is 424 g/mol. The highest BCUT2D eigenvalue weighted by atomic mass is 79.9. The Balaban J connectivity index is 1.78. The van der Waals surface area contributed by atoms with Gasteiger partial charge in [0.25, 0.3) is 0 Å². The first-order chi connectivity index (χ1) is 13.4. The van der Waals surface area contributed by atoms with Crippen molar-refractivity contribution in [1.82, 2.24) is 19.3 Å². The summed E-state index contributed by atoms with van der Waals surface area (Å²) in [6.45, 7) is 5.19. The summed E-state index contributed by atoms with van der Waals surface area (Å²) < 4.78 is 8.84. The van der Waals surface area contributed by atoms with Gasteiger partial charge in [0.1, 0.15) is 11.3 Å². The lowest BCUT2D eigenvalue weighted by molar-refractivity contribution is -0.0214. The fourth-order valence-corrected chi connectivity index (χ4v) is 4.05. The first-order valence-electron chi connectivity index (χ1n) is 9.12. The topological polar surface area (TPSA) is 80.0 Å². The van der Waals surface area contributed by atoms with Gasteiger partial charge in [-0.2, -0.15) is 0 Å².